The Hall–Kier alpha value is -2.98. The molecule has 1 unspecified atom stereocenters. The fourth-order valence-corrected chi connectivity index (χ4v) is 5.59. The number of hydrogen-bond donors (Lipinski definition) is 0. The predicted octanol–water partition coefficient (Wildman–Crippen LogP) is 3.13. The molecule has 176 valence electrons. The van der Waals surface area contributed by atoms with E-state index in [1.807, 2.05) is 6.92 Å². The Bertz CT molecular complexity index is 1320. The molecule has 0 aliphatic carbocycles. The van der Waals surface area contributed by atoms with E-state index in [1.54, 1.807) is 30.1 Å². The fourth-order valence-electron chi connectivity index (χ4n) is 4.06. The molecule has 1 amide bonds. The second kappa shape index (κ2) is 9.11. The van der Waals surface area contributed by atoms with E-state index < -0.39 is 15.8 Å². The van der Waals surface area contributed by atoms with Gasteiger partial charge in [0.25, 0.3) is 0 Å². The molecule has 1 aliphatic rings. The molecule has 8 nitrogen and oxygen atoms in total. The van der Waals surface area contributed by atoms with Gasteiger partial charge in [-0.3, -0.25) is 9.36 Å². The zero-order chi connectivity index (χ0) is 23.8. The molecule has 0 bridgehead atoms. The van der Waals surface area contributed by atoms with Gasteiger partial charge in [0.2, 0.25) is 15.9 Å². The highest BCUT2D eigenvalue weighted by Crippen LogP contribution is 2.25. The smallest absolute Gasteiger partial charge is 0.408 e. The summed E-state index contributed by atoms with van der Waals surface area (Å²) in [6, 6.07) is 10.1. The number of carbonyl (C=O) groups excluding carboxylic acids is 1. The van der Waals surface area contributed by atoms with Crippen LogP contribution in [0, 0.1) is 5.82 Å². The van der Waals surface area contributed by atoms with Crippen LogP contribution < -0.4 is 5.76 Å². The Morgan fingerprint density at radius 2 is 1.82 bits per heavy atom. The highest BCUT2D eigenvalue weighted by Gasteiger charge is 2.28. The van der Waals surface area contributed by atoms with Crippen molar-refractivity contribution in [3.05, 3.63) is 64.4 Å². The van der Waals surface area contributed by atoms with Gasteiger partial charge in [-0.2, -0.15) is 4.31 Å². The Labute approximate surface area is 191 Å². The number of oxazole rings is 1. The molecule has 0 radical (unpaired) electrons. The average molecular weight is 476 g/mol. The fraction of sp³-hybridized carbons (Fsp3) is 0.391. The molecule has 0 spiro atoms. The molecular formula is C23H26FN3O5S. The zero-order valence-corrected chi connectivity index (χ0v) is 19.3. The summed E-state index contributed by atoms with van der Waals surface area (Å²) in [6.07, 6.45) is 1.70. The van der Waals surface area contributed by atoms with Crippen molar-refractivity contribution in [3.63, 3.8) is 0 Å². The van der Waals surface area contributed by atoms with Crippen molar-refractivity contribution in [1.82, 2.24) is 13.8 Å². The quantitative estimate of drug-likeness (QED) is 0.524. The summed E-state index contributed by atoms with van der Waals surface area (Å²) in [7, 11) is -1.98. The van der Waals surface area contributed by atoms with Gasteiger partial charge in [-0.15, -0.1) is 0 Å². The van der Waals surface area contributed by atoms with E-state index in [4.69, 9.17) is 4.42 Å². The Morgan fingerprint density at radius 1 is 1.15 bits per heavy atom. The van der Waals surface area contributed by atoms with E-state index in [-0.39, 0.29) is 41.2 Å². The molecular weight excluding hydrogens is 449 g/mol. The van der Waals surface area contributed by atoms with Gasteiger partial charge in [0.05, 0.1) is 16.5 Å². The van der Waals surface area contributed by atoms with Gasteiger partial charge < -0.3 is 9.32 Å². The van der Waals surface area contributed by atoms with E-state index in [2.05, 4.69) is 0 Å². The normalized spacial score (nSPS) is 15.7. The van der Waals surface area contributed by atoms with E-state index in [9.17, 15) is 22.4 Å². The van der Waals surface area contributed by atoms with E-state index in [0.29, 0.717) is 18.6 Å². The summed E-state index contributed by atoms with van der Waals surface area (Å²) >= 11 is 0. The largest absolute Gasteiger partial charge is 0.419 e. The molecule has 3 aromatic rings. The molecule has 0 saturated carbocycles. The van der Waals surface area contributed by atoms with Gasteiger partial charge in [-0.05, 0) is 49.6 Å². The van der Waals surface area contributed by atoms with Crippen molar-refractivity contribution < 1.29 is 22.0 Å². The Morgan fingerprint density at radius 3 is 2.48 bits per heavy atom. The van der Waals surface area contributed by atoms with Crippen LogP contribution in [-0.2, 0) is 21.4 Å². The maximum absolute atomic E-state index is 13.2. The molecule has 2 aromatic carbocycles. The molecule has 1 aliphatic heterocycles. The first-order valence-corrected chi connectivity index (χ1v) is 12.3. The van der Waals surface area contributed by atoms with Gasteiger partial charge in [0.1, 0.15) is 5.82 Å². The van der Waals surface area contributed by atoms with Gasteiger partial charge in [-0.25, -0.2) is 17.6 Å². The summed E-state index contributed by atoms with van der Waals surface area (Å²) < 4.78 is 46.8. The van der Waals surface area contributed by atoms with Gasteiger partial charge in [0.15, 0.2) is 5.58 Å². The number of amides is 1. The molecule has 4 rings (SSSR count). The lowest BCUT2D eigenvalue weighted by Gasteiger charge is -2.25. The first-order chi connectivity index (χ1) is 15.7. The van der Waals surface area contributed by atoms with Crippen molar-refractivity contribution in [2.45, 2.75) is 43.7 Å². The molecule has 2 heterocycles. The predicted molar refractivity (Wildman–Crippen MR) is 121 cm³/mol. The minimum Gasteiger partial charge on any atom is -0.408 e. The van der Waals surface area contributed by atoms with Crippen molar-refractivity contribution in [1.29, 1.82) is 0 Å². The first kappa shape index (κ1) is 23.2. The molecule has 0 N–H and O–H groups in total. The monoisotopic (exact) mass is 475 g/mol. The molecule has 1 aromatic heterocycles. The van der Waals surface area contributed by atoms with Gasteiger partial charge in [-0.1, -0.05) is 12.1 Å². The van der Waals surface area contributed by atoms with Crippen LogP contribution in [-0.4, -0.2) is 48.2 Å². The molecule has 1 atom stereocenters. The van der Waals surface area contributed by atoms with Gasteiger partial charge in [0, 0.05) is 39.2 Å². The number of nitrogens with zero attached hydrogens (tertiary/aromatic N) is 3. The van der Waals surface area contributed by atoms with E-state index in [1.165, 1.54) is 33.1 Å². The van der Waals surface area contributed by atoms with Crippen LogP contribution in [0.5, 0.6) is 0 Å². The van der Waals surface area contributed by atoms with E-state index in [0.717, 1.165) is 18.4 Å². The second-order valence-electron chi connectivity index (χ2n) is 8.24. The minimum atomic E-state index is -3.63. The van der Waals surface area contributed by atoms with Crippen LogP contribution >= 0.6 is 0 Å². The Balaban J connectivity index is 1.49. The SMILES string of the molecule is CC(c1ccc(F)cc1)N(C)C(=O)CCn1c(=O)oc2cc(S(=O)(=O)N3CCCC3)ccc21. The number of halogens is 1. The molecule has 10 heteroatoms. The van der Waals surface area contributed by atoms with Crippen LogP contribution in [0.25, 0.3) is 11.1 Å². The number of aryl methyl sites for hydroxylation is 1. The third-order valence-corrected chi connectivity index (χ3v) is 8.11. The lowest BCUT2D eigenvalue weighted by molar-refractivity contribution is -0.132. The van der Waals surface area contributed by atoms with Crippen LogP contribution in [0.3, 0.4) is 0 Å². The van der Waals surface area contributed by atoms with Crippen molar-refractivity contribution in [2.75, 3.05) is 20.1 Å². The highest BCUT2D eigenvalue weighted by atomic mass is 32.2. The molecule has 33 heavy (non-hydrogen) atoms. The number of benzene rings is 2. The number of sulfonamides is 1. The third-order valence-electron chi connectivity index (χ3n) is 6.22. The number of carbonyl (C=O) groups is 1. The van der Waals surface area contributed by atoms with Crippen LogP contribution in [0.4, 0.5) is 4.39 Å². The van der Waals surface area contributed by atoms with Crippen LogP contribution in [0.15, 0.2) is 56.6 Å². The van der Waals surface area contributed by atoms with Crippen molar-refractivity contribution in [3.8, 4) is 0 Å². The van der Waals surface area contributed by atoms with Crippen LogP contribution in [0.1, 0.15) is 37.8 Å². The third kappa shape index (κ3) is 4.58. The van der Waals surface area contributed by atoms with E-state index >= 15 is 0 Å². The van der Waals surface area contributed by atoms with Crippen molar-refractivity contribution in [2.24, 2.45) is 0 Å². The maximum atomic E-state index is 13.2. The molecule has 1 saturated heterocycles. The minimum absolute atomic E-state index is 0.0460. The number of fused-ring (bicyclic) bond motifs is 1. The summed E-state index contributed by atoms with van der Waals surface area (Å²) in [5.74, 6) is -1.19. The van der Waals surface area contributed by atoms with Crippen LogP contribution in [0.2, 0.25) is 0 Å². The molecule has 1 fully saturated rings. The van der Waals surface area contributed by atoms with Crippen molar-refractivity contribution >= 4 is 27.0 Å². The van der Waals surface area contributed by atoms with Gasteiger partial charge >= 0.3 is 5.76 Å². The topological polar surface area (TPSA) is 92.8 Å². The average Bonchev–Trinajstić information content (AvgIpc) is 3.45. The number of rotatable bonds is 7. The highest BCUT2D eigenvalue weighted by molar-refractivity contribution is 7.89. The number of hydrogen-bond acceptors (Lipinski definition) is 5. The summed E-state index contributed by atoms with van der Waals surface area (Å²) in [4.78, 5) is 26.8. The standard InChI is InChI=1S/C23H26FN3O5S/c1-16(17-5-7-18(24)8-6-17)25(2)22(28)11-14-27-20-10-9-19(15-21(20)32-23(27)29)33(30,31)26-12-3-4-13-26/h5-10,15-16H,3-4,11-14H2,1-2H3. The zero-order valence-electron chi connectivity index (χ0n) is 18.5. The first-order valence-electron chi connectivity index (χ1n) is 10.8. The summed E-state index contributed by atoms with van der Waals surface area (Å²) in [6.45, 7) is 2.89. The lowest BCUT2D eigenvalue weighted by atomic mass is 10.1. The summed E-state index contributed by atoms with van der Waals surface area (Å²) in [5.41, 5.74) is 1.40. The summed E-state index contributed by atoms with van der Waals surface area (Å²) in [5, 5.41) is 0. The second-order valence-corrected chi connectivity index (χ2v) is 10.2. The Kier molecular flexibility index (Phi) is 6.40. The number of aromatic nitrogens is 1. The lowest BCUT2D eigenvalue weighted by Crippen LogP contribution is -2.31. The maximum Gasteiger partial charge on any atom is 0.419 e.